The predicted octanol–water partition coefficient (Wildman–Crippen LogP) is 5.44. The standard InChI is InChI=1S/C17H18BrClFN/c1-3-21-16(12-7-4-6-11(2)17(12)18)10-13-14(19)8-5-9-15(13)20/h4-9,16,21H,3,10H2,1-2H3. The van der Waals surface area contributed by atoms with Crippen LogP contribution in [-0.4, -0.2) is 6.54 Å². The Labute approximate surface area is 138 Å². The van der Waals surface area contributed by atoms with Gasteiger partial charge in [0.2, 0.25) is 0 Å². The van der Waals surface area contributed by atoms with Crippen molar-refractivity contribution in [1.82, 2.24) is 5.32 Å². The molecule has 0 bridgehead atoms. The molecular weight excluding hydrogens is 353 g/mol. The summed E-state index contributed by atoms with van der Waals surface area (Å²) in [5, 5.41) is 3.89. The molecule has 1 N–H and O–H groups in total. The van der Waals surface area contributed by atoms with Gasteiger partial charge in [-0.1, -0.05) is 58.7 Å². The SMILES string of the molecule is CCNC(Cc1c(F)cccc1Cl)c1cccc(C)c1Br. The Morgan fingerprint density at radius 3 is 2.62 bits per heavy atom. The zero-order valence-electron chi connectivity index (χ0n) is 12.1. The number of likely N-dealkylation sites (N-methyl/N-ethyl adjacent to an activating group) is 1. The molecule has 0 aromatic heterocycles. The number of nitrogens with one attached hydrogen (secondary N) is 1. The lowest BCUT2D eigenvalue weighted by molar-refractivity contribution is 0.526. The van der Waals surface area contributed by atoms with Crippen LogP contribution < -0.4 is 5.32 Å². The maximum absolute atomic E-state index is 14.0. The van der Waals surface area contributed by atoms with Crippen LogP contribution in [-0.2, 0) is 6.42 Å². The van der Waals surface area contributed by atoms with Crippen molar-refractivity contribution in [3.05, 3.63) is 68.4 Å². The largest absolute Gasteiger partial charge is 0.310 e. The van der Waals surface area contributed by atoms with E-state index < -0.39 is 0 Å². The summed E-state index contributed by atoms with van der Waals surface area (Å²) in [6.07, 6.45) is 0.515. The van der Waals surface area contributed by atoms with Crippen molar-refractivity contribution >= 4 is 27.5 Å². The van der Waals surface area contributed by atoms with Gasteiger partial charge in [0, 0.05) is 21.1 Å². The molecule has 2 rings (SSSR count). The minimum Gasteiger partial charge on any atom is -0.310 e. The molecule has 1 atom stereocenters. The van der Waals surface area contributed by atoms with E-state index in [1.807, 2.05) is 26.0 Å². The first-order valence-electron chi connectivity index (χ1n) is 6.95. The average molecular weight is 371 g/mol. The summed E-state index contributed by atoms with van der Waals surface area (Å²) in [5.41, 5.74) is 2.84. The molecule has 2 aromatic rings. The van der Waals surface area contributed by atoms with Crippen LogP contribution in [0.15, 0.2) is 40.9 Å². The molecule has 2 aromatic carbocycles. The molecule has 21 heavy (non-hydrogen) atoms. The van der Waals surface area contributed by atoms with E-state index in [1.165, 1.54) is 6.07 Å². The highest BCUT2D eigenvalue weighted by Crippen LogP contribution is 2.31. The molecule has 1 unspecified atom stereocenters. The smallest absolute Gasteiger partial charge is 0.127 e. The number of hydrogen-bond acceptors (Lipinski definition) is 1. The topological polar surface area (TPSA) is 12.0 Å². The fourth-order valence-corrected chi connectivity index (χ4v) is 3.19. The van der Waals surface area contributed by atoms with E-state index in [-0.39, 0.29) is 11.9 Å². The van der Waals surface area contributed by atoms with Gasteiger partial charge >= 0.3 is 0 Å². The highest BCUT2D eigenvalue weighted by molar-refractivity contribution is 9.10. The van der Waals surface area contributed by atoms with Crippen molar-refractivity contribution in [1.29, 1.82) is 0 Å². The Morgan fingerprint density at radius 1 is 1.24 bits per heavy atom. The van der Waals surface area contributed by atoms with Gasteiger partial charge in [-0.05, 0) is 43.1 Å². The van der Waals surface area contributed by atoms with Crippen LogP contribution in [0.3, 0.4) is 0 Å². The fourth-order valence-electron chi connectivity index (χ4n) is 2.41. The van der Waals surface area contributed by atoms with Gasteiger partial charge in [0.1, 0.15) is 5.82 Å². The molecule has 0 saturated heterocycles. The molecule has 0 fully saturated rings. The van der Waals surface area contributed by atoms with E-state index in [2.05, 4.69) is 27.3 Å². The second-order valence-electron chi connectivity index (χ2n) is 4.99. The highest BCUT2D eigenvalue weighted by Gasteiger charge is 2.18. The molecule has 0 spiro atoms. The quantitative estimate of drug-likeness (QED) is 0.738. The average Bonchev–Trinajstić information content (AvgIpc) is 2.45. The molecule has 0 aliphatic rings. The van der Waals surface area contributed by atoms with Crippen LogP contribution in [0.1, 0.15) is 29.7 Å². The fraction of sp³-hybridized carbons (Fsp3) is 0.294. The third kappa shape index (κ3) is 3.85. The molecule has 0 heterocycles. The Balaban J connectivity index is 2.38. The number of aryl methyl sites for hydroxylation is 1. The third-order valence-electron chi connectivity index (χ3n) is 3.52. The first kappa shape index (κ1) is 16.5. The second kappa shape index (κ2) is 7.39. The summed E-state index contributed by atoms with van der Waals surface area (Å²) in [7, 11) is 0. The van der Waals surface area contributed by atoms with E-state index >= 15 is 0 Å². The number of rotatable bonds is 5. The monoisotopic (exact) mass is 369 g/mol. The molecule has 0 saturated carbocycles. The number of halogens is 3. The summed E-state index contributed by atoms with van der Waals surface area (Å²) < 4.78 is 15.1. The molecular formula is C17H18BrClFN. The van der Waals surface area contributed by atoms with Crippen LogP contribution in [0, 0.1) is 12.7 Å². The van der Waals surface area contributed by atoms with Crippen LogP contribution in [0.5, 0.6) is 0 Å². The van der Waals surface area contributed by atoms with Crippen molar-refractivity contribution in [2.24, 2.45) is 0 Å². The zero-order valence-corrected chi connectivity index (χ0v) is 14.4. The summed E-state index contributed by atoms with van der Waals surface area (Å²) in [4.78, 5) is 0. The molecule has 1 nitrogen and oxygen atoms in total. The van der Waals surface area contributed by atoms with E-state index in [4.69, 9.17) is 11.6 Å². The van der Waals surface area contributed by atoms with Gasteiger partial charge in [-0.2, -0.15) is 0 Å². The van der Waals surface area contributed by atoms with Gasteiger partial charge in [-0.3, -0.25) is 0 Å². The Bertz CT molecular complexity index is 610. The van der Waals surface area contributed by atoms with Crippen molar-refractivity contribution in [2.45, 2.75) is 26.3 Å². The normalized spacial score (nSPS) is 12.4. The Kier molecular flexibility index (Phi) is 5.80. The molecule has 0 aliphatic heterocycles. The summed E-state index contributed by atoms with van der Waals surface area (Å²) in [5.74, 6) is -0.255. The van der Waals surface area contributed by atoms with Gasteiger partial charge in [0.25, 0.3) is 0 Å². The van der Waals surface area contributed by atoms with Crippen molar-refractivity contribution < 1.29 is 4.39 Å². The molecule has 4 heteroatoms. The minimum atomic E-state index is -0.255. The van der Waals surface area contributed by atoms with Crippen LogP contribution in [0.4, 0.5) is 4.39 Å². The Morgan fingerprint density at radius 2 is 1.95 bits per heavy atom. The van der Waals surface area contributed by atoms with Crippen molar-refractivity contribution in [3.63, 3.8) is 0 Å². The van der Waals surface area contributed by atoms with E-state index in [9.17, 15) is 4.39 Å². The second-order valence-corrected chi connectivity index (χ2v) is 6.19. The number of hydrogen-bond donors (Lipinski definition) is 1. The lowest BCUT2D eigenvalue weighted by atomic mass is 9.97. The third-order valence-corrected chi connectivity index (χ3v) is 4.95. The predicted molar refractivity (Wildman–Crippen MR) is 90.4 cm³/mol. The first-order valence-corrected chi connectivity index (χ1v) is 8.13. The minimum absolute atomic E-state index is 0.0127. The lowest BCUT2D eigenvalue weighted by Crippen LogP contribution is -2.24. The summed E-state index contributed by atoms with van der Waals surface area (Å²) >= 11 is 9.79. The molecule has 0 radical (unpaired) electrons. The van der Waals surface area contributed by atoms with Crippen molar-refractivity contribution in [3.8, 4) is 0 Å². The summed E-state index contributed by atoms with van der Waals surface area (Å²) in [6, 6.07) is 10.9. The zero-order chi connectivity index (χ0) is 15.4. The molecule has 0 amide bonds. The lowest BCUT2D eigenvalue weighted by Gasteiger charge is -2.21. The van der Waals surface area contributed by atoms with E-state index in [0.717, 1.165) is 22.1 Å². The molecule has 0 aliphatic carbocycles. The Hall–Kier alpha value is -0.900. The molecule has 112 valence electrons. The van der Waals surface area contributed by atoms with Crippen LogP contribution >= 0.6 is 27.5 Å². The van der Waals surface area contributed by atoms with E-state index in [0.29, 0.717) is 17.0 Å². The van der Waals surface area contributed by atoms with Gasteiger partial charge in [0.05, 0.1) is 0 Å². The van der Waals surface area contributed by atoms with E-state index in [1.54, 1.807) is 12.1 Å². The maximum atomic E-state index is 14.0. The summed E-state index contributed by atoms with van der Waals surface area (Å²) in [6.45, 7) is 4.89. The van der Waals surface area contributed by atoms with Crippen LogP contribution in [0.25, 0.3) is 0 Å². The number of benzene rings is 2. The van der Waals surface area contributed by atoms with Gasteiger partial charge in [-0.15, -0.1) is 0 Å². The van der Waals surface area contributed by atoms with Crippen molar-refractivity contribution in [2.75, 3.05) is 6.54 Å². The van der Waals surface area contributed by atoms with Gasteiger partial charge in [-0.25, -0.2) is 4.39 Å². The maximum Gasteiger partial charge on any atom is 0.127 e. The highest BCUT2D eigenvalue weighted by atomic mass is 79.9. The van der Waals surface area contributed by atoms with Gasteiger partial charge < -0.3 is 5.32 Å². The van der Waals surface area contributed by atoms with Crippen LogP contribution in [0.2, 0.25) is 5.02 Å². The first-order chi connectivity index (χ1) is 10.0. The van der Waals surface area contributed by atoms with Gasteiger partial charge in [0.15, 0.2) is 0 Å².